The second-order valence-corrected chi connectivity index (χ2v) is 4.83. The Morgan fingerprint density at radius 1 is 0.900 bits per heavy atom. The second-order valence-electron chi connectivity index (χ2n) is 4.83. The number of para-hydroxylation sites is 1. The van der Waals surface area contributed by atoms with Gasteiger partial charge in [-0.3, -0.25) is 0 Å². The van der Waals surface area contributed by atoms with E-state index in [4.69, 9.17) is 4.74 Å². The Balaban J connectivity index is 2.43. The van der Waals surface area contributed by atoms with Crippen molar-refractivity contribution in [3.8, 4) is 22.6 Å². The van der Waals surface area contributed by atoms with E-state index >= 15 is 0 Å². The second kappa shape index (κ2) is 4.89. The molecular weight excluding hydrogens is 248 g/mol. The number of phenols is 1. The fourth-order valence-electron chi connectivity index (χ4n) is 2.69. The van der Waals surface area contributed by atoms with Gasteiger partial charge in [0.15, 0.2) is 0 Å². The zero-order valence-corrected chi connectivity index (χ0v) is 11.6. The van der Waals surface area contributed by atoms with E-state index in [9.17, 15) is 5.11 Å². The number of aryl methyl sites for hydroxylation is 1. The summed E-state index contributed by atoms with van der Waals surface area (Å²) in [4.78, 5) is 0. The molecule has 0 saturated carbocycles. The van der Waals surface area contributed by atoms with E-state index in [-0.39, 0.29) is 0 Å². The third-order valence-electron chi connectivity index (χ3n) is 3.60. The maximum absolute atomic E-state index is 10.1. The molecule has 3 aromatic rings. The van der Waals surface area contributed by atoms with Gasteiger partial charge in [0.1, 0.15) is 11.5 Å². The molecule has 0 unspecified atom stereocenters. The van der Waals surface area contributed by atoms with Crippen LogP contribution in [0.1, 0.15) is 5.56 Å². The predicted molar refractivity (Wildman–Crippen MR) is 82.3 cm³/mol. The average Bonchev–Trinajstić information content (AvgIpc) is 2.48. The number of fused-ring (bicyclic) bond motifs is 1. The van der Waals surface area contributed by atoms with Crippen molar-refractivity contribution in [2.75, 3.05) is 7.11 Å². The molecule has 0 radical (unpaired) electrons. The summed E-state index contributed by atoms with van der Waals surface area (Å²) < 4.78 is 5.47. The minimum atomic E-state index is 0.297. The lowest BCUT2D eigenvalue weighted by Crippen LogP contribution is -1.91. The molecule has 0 aliphatic heterocycles. The molecule has 0 spiro atoms. The summed E-state index contributed by atoms with van der Waals surface area (Å²) in [6, 6.07) is 17.5. The SMILES string of the molecule is COc1cc(C)c(-c2ccccc2O)c2ccccc12. The highest BCUT2D eigenvalue weighted by Crippen LogP contribution is 2.40. The van der Waals surface area contributed by atoms with E-state index in [1.165, 1.54) is 0 Å². The number of hydrogen-bond donors (Lipinski definition) is 1. The topological polar surface area (TPSA) is 29.5 Å². The van der Waals surface area contributed by atoms with Crippen LogP contribution in [0.5, 0.6) is 11.5 Å². The van der Waals surface area contributed by atoms with Crippen molar-refractivity contribution >= 4 is 10.8 Å². The number of rotatable bonds is 2. The molecule has 0 bridgehead atoms. The number of hydrogen-bond acceptors (Lipinski definition) is 2. The van der Waals surface area contributed by atoms with Crippen molar-refractivity contribution in [3.63, 3.8) is 0 Å². The van der Waals surface area contributed by atoms with E-state index in [1.54, 1.807) is 13.2 Å². The van der Waals surface area contributed by atoms with Crippen molar-refractivity contribution in [1.29, 1.82) is 0 Å². The van der Waals surface area contributed by atoms with Gasteiger partial charge in [0.25, 0.3) is 0 Å². The molecule has 0 aliphatic carbocycles. The van der Waals surface area contributed by atoms with Crippen LogP contribution in [0.2, 0.25) is 0 Å². The molecule has 3 rings (SSSR count). The Kier molecular flexibility index (Phi) is 3.07. The summed E-state index contributed by atoms with van der Waals surface area (Å²) in [5.74, 6) is 1.16. The zero-order valence-electron chi connectivity index (χ0n) is 11.6. The smallest absolute Gasteiger partial charge is 0.126 e. The summed E-state index contributed by atoms with van der Waals surface area (Å²) in [5.41, 5.74) is 2.99. The molecule has 20 heavy (non-hydrogen) atoms. The largest absolute Gasteiger partial charge is 0.507 e. The molecule has 0 fully saturated rings. The molecule has 0 amide bonds. The third kappa shape index (κ3) is 1.90. The van der Waals surface area contributed by atoms with Crippen LogP contribution in [0.4, 0.5) is 0 Å². The van der Waals surface area contributed by atoms with Gasteiger partial charge in [-0.2, -0.15) is 0 Å². The van der Waals surface area contributed by atoms with Crippen LogP contribution in [0.15, 0.2) is 54.6 Å². The van der Waals surface area contributed by atoms with E-state index in [1.807, 2.05) is 49.4 Å². The van der Waals surface area contributed by atoms with Crippen LogP contribution in [-0.2, 0) is 0 Å². The van der Waals surface area contributed by atoms with E-state index in [2.05, 4.69) is 6.07 Å². The van der Waals surface area contributed by atoms with Crippen molar-refractivity contribution in [1.82, 2.24) is 0 Å². The van der Waals surface area contributed by atoms with Gasteiger partial charge in [-0.1, -0.05) is 42.5 Å². The Morgan fingerprint density at radius 2 is 1.55 bits per heavy atom. The molecule has 1 N–H and O–H groups in total. The third-order valence-corrected chi connectivity index (χ3v) is 3.60. The molecular formula is C18H16O2. The van der Waals surface area contributed by atoms with Crippen LogP contribution < -0.4 is 4.74 Å². The molecule has 0 saturated heterocycles. The minimum absolute atomic E-state index is 0.297. The first kappa shape index (κ1) is 12.5. The molecule has 0 aliphatic rings. The standard InChI is InChI=1S/C18H16O2/c1-12-11-17(20-2)13-7-3-4-8-14(13)18(12)15-9-5-6-10-16(15)19/h3-11,19H,1-2H3. The first-order valence-corrected chi connectivity index (χ1v) is 6.57. The molecule has 100 valence electrons. The van der Waals surface area contributed by atoms with Crippen LogP contribution in [0, 0.1) is 6.92 Å². The van der Waals surface area contributed by atoms with Gasteiger partial charge in [-0.25, -0.2) is 0 Å². The van der Waals surface area contributed by atoms with Crippen molar-refractivity contribution in [2.24, 2.45) is 0 Å². The number of aromatic hydroxyl groups is 1. The van der Waals surface area contributed by atoms with Gasteiger partial charge in [0.2, 0.25) is 0 Å². The van der Waals surface area contributed by atoms with Crippen LogP contribution in [0.25, 0.3) is 21.9 Å². The lowest BCUT2D eigenvalue weighted by molar-refractivity contribution is 0.419. The lowest BCUT2D eigenvalue weighted by Gasteiger charge is -2.15. The first-order chi connectivity index (χ1) is 9.72. The van der Waals surface area contributed by atoms with Crippen LogP contribution in [0.3, 0.4) is 0 Å². The van der Waals surface area contributed by atoms with Crippen LogP contribution >= 0.6 is 0 Å². The summed E-state index contributed by atoms with van der Waals surface area (Å²) in [7, 11) is 1.68. The summed E-state index contributed by atoms with van der Waals surface area (Å²) in [6.07, 6.45) is 0. The van der Waals surface area contributed by atoms with Gasteiger partial charge in [-0.15, -0.1) is 0 Å². The zero-order chi connectivity index (χ0) is 14.1. The predicted octanol–water partition coefficient (Wildman–Crippen LogP) is 4.53. The fourth-order valence-corrected chi connectivity index (χ4v) is 2.69. The summed E-state index contributed by atoms with van der Waals surface area (Å²) in [6.45, 7) is 2.04. The highest BCUT2D eigenvalue weighted by Gasteiger charge is 2.13. The molecule has 0 atom stereocenters. The molecule has 0 aromatic heterocycles. The van der Waals surface area contributed by atoms with Gasteiger partial charge >= 0.3 is 0 Å². The first-order valence-electron chi connectivity index (χ1n) is 6.57. The average molecular weight is 264 g/mol. The summed E-state index contributed by atoms with van der Waals surface area (Å²) >= 11 is 0. The van der Waals surface area contributed by atoms with E-state index < -0.39 is 0 Å². The Bertz CT molecular complexity index is 775. The summed E-state index contributed by atoms with van der Waals surface area (Å²) in [5, 5.41) is 12.3. The monoisotopic (exact) mass is 264 g/mol. The van der Waals surface area contributed by atoms with Gasteiger partial charge in [0.05, 0.1) is 7.11 Å². The van der Waals surface area contributed by atoms with Crippen LogP contribution in [-0.4, -0.2) is 12.2 Å². The molecule has 3 aromatic carbocycles. The number of benzene rings is 3. The maximum Gasteiger partial charge on any atom is 0.126 e. The Labute approximate surface area is 118 Å². The normalized spacial score (nSPS) is 10.7. The Hall–Kier alpha value is -2.48. The van der Waals surface area contributed by atoms with Gasteiger partial charge < -0.3 is 9.84 Å². The molecule has 2 nitrogen and oxygen atoms in total. The number of phenolic OH excluding ortho intramolecular Hbond substituents is 1. The van der Waals surface area contributed by atoms with Crippen molar-refractivity contribution in [3.05, 3.63) is 60.2 Å². The Morgan fingerprint density at radius 3 is 2.25 bits per heavy atom. The highest BCUT2D eigenvalue weighted by atomic mass is 16.5. The van der Waals surface area contributed by atoms with Gasteiger partial charge in [-0.05, 0) is 35.6 Å². The highest BCUT2D eigenvalue weighted by molar-refractivity contribution is 6.02. The molecule has 0 heterocycles. The van der Waals surface area contributed by atoms with Gasteiger partial charge in [0, 0.05) is 10.9 Å². The minimum Gasteiger partial charge on any atom is -0.507 e. The van der Waals surface area contributed by atoms with E-state index in [0.717, 1.165) is 33.2 Å². The number of ether oxygens (including phenoxy) is 1. The lowest BCUT2D eigenvalue weighted by atomic mass is 9.93. The molecule has 2 heteroatoms. The number of methoxy groups -OCH3 is 1. The maximum atomic E-state index is 10.1. The fraction of sp³-hybridized carbons (Fsp3) is 0.111. The van der Waals surface area contributed by atoms with Crippen molar-refractivity contribution in [2.45, 2.75) is 6.92 Å². The van der Waals surface area contributed by atoms with Crippen molar-refractivity contribution < 1.29 is 9.84 Å². The quantitative estimate of drug-likeness (QED) is 0.737. The van der Waals surface area contributed by atoms with E-state index in [0.29, 0.717) is 5.75 Å².